The summed E-state index contributed by atoms with van der Waals surface area (Å²) in [5.74, 6) is 0.760. The summed E-state index contributed by atoms with van der Waals surface area (Å²) in [7, 11) is 0. The largest absolute Gasteiger partial charge is 0.399 e. The topological polar surface area (TPSA) is 71.2 Å². The van der Waals surface area contributed by atoms with E-state index in [1.165, 1.54) is 6.42 Å². The van der Waals surface area contributed by atoms with Gasteiger partial charge in [-0.3, -0.25) is 0 Å². The van der Waals surface area contributed by atoms with Gasteiger partial charge in [0.1, 0.15) is 5.82 Å². The lowest BCUT2D eigenvalue weighted by Crippen LogP contribution is -2.44. The maximum atomic E-state index is 9.55. The molecule has 1 aliphatic rings. The smallest absolute Gasteiger partial charge is 0.128 e. The van der Waals surface area contributed by atoms with Crippen LogP contribution >= 0.6 is 0 Å². The second-order valence-corrected chi connectivity index (χ2v) is 4.60. The van der Waals surface area contributed by atoms with Gasteiger partial charge in [0, 0.05) is 18.0 Å². The summed E-state index contributed by atoms with van der Waals surface area (Å²) >= 11 is 0. The zero-order valence-corrected chi connectivity index (χ0v) is 9.45. The molecule has 0 bridgehead atoms. The molecular weight excluding hydrogens is 202 g/mol. The highest BCUT2D eigenvalue weighted by Crippen LogP contribution is 2.31. The molecule has 0 aliphatic heterocycles. The highest BCUT2D eigenvalue weighted by molar-refractivity contribution is 5.49. The molecule has 0 saturated heterocycles. The first-order valence-corrected chi connectivity index (χ1v) is 5.85. The lowest BCUT2D eigenvalue weighted by atomic mass is 9.82. The molecular formula is C12H19N3O. The van der Waals surface area contributed by atoms with Gasteiger partial charge in [0.25, 0.3) is 0 Å². The van der Waals surface area contributed by atoms with Crippen LogP contribution < -0.4 is 11.1 Å². The highest BCUT2D eigenvalue weighted by atomic mass is 16.3. The Morgan fingerprint density at radius 2 is 2.12 bits per heavy atom. The van der Waals surface area contributed by atoms with E-state index in [1.54, 1.807) is 12.3 Å². The van der Waals surface area contributed by atoms with Gasteiger partial charge in [-0.1, -0.05) is 19.3 Å². The van der Waals surface area contributed by atoms with E-state index in [4.69, 9.17) is 5.73 Å². The number of anilines is 2. The van der Waals surface area contributed by atoms with E-state index in [1.807, 2.05) is 6.07 Å². The van der Waals surface area contributed by atoms with Gasteiger partial charge in [-0.15, -0.1) is 0 Å². The summed E-state index contributed by atoms with van der Waals surface area (Å²) < 4.78 is 0. The maximum absolute atomic E-state index is 9.55. The minimum absolute atomic E-state index is 0.156. The Bertz CT molecular complexity index is 348. The quantitative estimate of drug-likeness (QED) is 0.727. The Hall–Kier alpha value is -1.29. The Balaban J connectivity index is 2.11. The van der Waals surface area contributed by atoms with Crippen molar-refractivity contribution in [2.45, 2.75) is 37.6 Å². The number of hydrogen-bond acceptors (Lipinski definition) is 4. The van der Waals surface area contributed by atoms with Gasteiger partial charge in [-0.05, 0) is 18.9 Å². The van der Waals surface area contributed by atoms with Gasteiger partial charge >= 0.3 is 0 Å². The number of pyridine rings is 1. The predicted octanol–water partition coefficient (Wildman–Crippen LogP) is 1.77. The van der Waals surface area contributed by atoms with Gasteiger partial charge in [-0.2, -0.15) is 0 Å². The summed E-state index contributed by atoms with van der Waals surface area (Å²) in [5, 5.41) is 12.9. The summed E-state index contributed by atoms with van der Waals surface area (Å²) in [5.41, 5.74) is 6.21. The van der Waals surface area contributed by atoms with Gasteiger partial charge in [0.05, 0.1) is 12.1 Å². The molecule has 1 heterocycles. The second kappa shape index (κ2) is 4.70. The molecule has 0 atom stereocenters. The fourth-order valence-electron chi connectivity index (χ4n) is 2.34. The summed E-state index contributed by atoms with van der Waals surface area (Å²) in [6.07, 6.45) is 7.27. The molecule has 0 unspecified atom stereocenters. The number of nitrogens with zero attached hydrogens (tertiary/aromatic N) is 1. The predicted molar refractivity (Wildman–Crippen MR) is 65.2 cm³/mol. The highest BCUT2D eigenvalue weighted by Gasteiger charge is 2.31. The molecule has 2 rings (SSSR count). The van der Waals surface area contributed by atoms with Crippen LogP contribution in [-0.2, 0) is 0 Å². The first kappa shape index (κ1) is 11.2. The fourth-order valence-corrected chi connectivity index (χ4v) is 2.34. The molecule has 4 N–H and O–H groups in total. The fraction of sp³-hybridized carbons (Fsp3) is 0.583. The van der Waals surface area contributed by atoms with Crippen LogP contribution in [0.15, 0.2) is 18.3 Å². The first-order valence-electron chi connectivity index (χ1n) is 5.85. The van der Waals surface area contributed by atoms with E-state index in [9.17, 15) is 5.11 Å². The van der Waals surface area contributed by atoms with Crippen molar-refractivity contribution < 1.29 is 5.11 Å². The molecule has 0 aromatic carbocycles. The average molecular weight is 221 g/mol. The van der Waals surface area contributed by atoms with Crippen molar-refractivity contribution in [3.8, 4) is 0 Å². The summed E-state index contributed by atoms with van der Waals surface area (Å²) in [6.45, 7) is 0.156. The molecule has 1 saturated carbocycles. The van der Waals surface area contributed by atoms with Crippen LogP contribution in [0.25, 0.3) is 0 Å². The van der Waals surface area contributed by atoms with E-state index >= 15 is 0 Å². The van der Waals surface area contributed by atoms with Crippen LogP contribution in [0, 0.1) is 0 Å². The maximum Gasteiger partial charge on any atom is 0.128 e. The number of aliphatic hydroxyl groups is 1. The Morgan fingerprint density at radius 1 is 1.38 bits per heavy atom. The van der Waals surface area contributed by atoms with Crippen molar-refractivity contribution in [3.05, 3.63) is 18.3 Å². The number of nitrogens with one attached hydrogen (secondary N) is 1. The Morgan fingerprint density at radius 3 is 2.75 bits per heavy atom. The van der Waals surface area contributed by atoms with E-state index in [0.717, 1.165) is 31.5 Å². The second-order valence-electron chi connectivity index (χ2n) is 4.60. The SMILES string of the molecule is Nc1ccnc(NC2(CO)CCCCC2)c1. The molecule has 0 spiro atoms. The Labute approximate surface area is 95.9 Å². The normalized spacial score (nSPS) is 19.3. The third-order valence-corrected chi connectivity index (χ3v) is 3.29. The molecule has 0 radical (unpaired) electrons. The van der Waals surface area contributed by atoms with Gasteiger partial charge in [0.15, 0.2) is 0 Å². The summed E-state index contributed by atoms with van der Waals surface area (Å²) in [4.78, 5) is 4.22. The van der Waals surface area contributed by atoms with E-state index in [0.29, 0.717) is 5.69 Å². The molecule has 88 valence electrons. The standard InChI is InChI=1S/C12H19N3O/c13-10-4-7-14-11(8-10)15-12(9-16)5-2-1-3-6-12/h4,7-8,16H,1-3,5-6,9H2,(H3,13,14,15). The van der Waals surface area contributed by atoms with E-state index in [-0.39, 0.29) is 12.1 Å². The van der Waals surface area contributed by atoms with Crippen molar-refractivity contribution in [3.63, 3.8) is 0 Å². The van der Waals surface area contributed by atoms with Gasteiger partial charge in [-0.25, -0.2) is 4.98 Å². The number of nitrogens with two attached hydrogens (primary N) is 1. The molecule has 0 amide bonds. The minimum Gasteiger partial charge on any atom is -0.399 e. The molecule has 1 fully saturated rings. The van der Waals surface area contributed by atoms with Crippen LogP contribution in [0.5, 0.6) is 0 Å². The zero-order valence-electron chi connectivity index (χ0n) is 9.45. The molecule has 1 aromatic heterocycles. The lowest BCUT2D eigenvalue weighted by Gasteiger charge is -2.36. The van der Waals surface area contributed by atoms with Crippen LogP contribution in [0.4, 0.5) is 11.5 Å². The van der Waals surface area contributed by atoms with E-state index < -0.39 is 0 Å². The third-order valence-electron chi connectivity index (χ3n) is 3.29. The van der Waals surface area contributed by atoms with Gasteiger partial charge < -0.3 is 16.2 Å². The van der Waals surface area contributed by atoms with Crippen molar-refractivity contribution in [1.82, 2.24) is 4.98 Å². The number of aliphatic hydroxyl groups excluding tert-OH is 1. The van der Waals surface area contributed by atoms with Crippen molar-refractivity contribution in [2.24, 2.45) is 0 Å². The van der Waals surface area contributed by atoms with Crippen LogP contribution in [0.3, 0.4) is 0 Å². The Kier molecular flexibility index (Phi) is 3.29. The van der Waals surface area contributed by atoms with Gasteiger partial charge in [0.2, 0.25) is 0 Å². The molecule has 4 nitrogen and oxygen atoms in total. The molecule has 4 heteroatoms. The van der Waals surface area contributed by atoms with Crippen LogP contribution in [0.2, 0.25) is 0 Å². The minimum atomic E-state index is -0.195. The summed E-state index contributed by atoms with van der Waals surface area (Å²) in [6, 6.07) is 3.57. The molecule has 1 aromatic rings. The van der Waals surface area contributed by atoms with Crippen molar-refractivity contribution in [1.29, 1.82) is 0 Å². The lowest BCUT2D eigenvalue weighted by molar-refractivity contribution is 0.172. The number of aromatic nitrogens is 1. The molecule has 16 heavy (non-hydrogen) atoms. The van der Waals surface area contributed by atoms with Crippen molar-refractivity contribution >= 4 is 11.5 Å². The molecule has 1 aliphatic carbocycles. The van der Waals surface area contributed by atoms with Crippen LogP contribution in [-0.4, -0.2) is 22.2 Å². The monoisotopic (exact) mass is 221 g/mol. The number of rotatable bonds is 3. The average Bonchev–Trinajstić information content (AvgIpc) is 2.30. The van der Waals surface area contributed by atoms with E-state index in [2.05, 4.69) is 10.3 Å². The first-order chi connectivity index (χ1) is 7.74. The zero-order chi connectivity index (χ0) is 11.4. The van der Waals surface area contributed by atoms with Crippen LogP contribution in [0.1, 0.15) is 32.1 Å². The van der Waals surface area contributed by atoms with Crippen molar-refractivity contribution in [2.75, 3.05) is 17.7 Å². The number of nitrogen functional groups attached to an aromatic ring is 1. The number of hydrogen-bond donors (Lipinski definition) is 3. The third kappa shape index (κ3) is 2.44.